The lowest BCUT2D eigenvalue weighted by molar-refractivity contribution is 0.110. The molecule has 0 saturated carbocycles. The lowest BCUT2D eigenvalue weighted by Gasteiger charge is -2.08. The van der Waals surface area contributed by atoms with Gasteiger partial charge in [-0.05, 0) is 24.1 Å². The first-order valence-electron chi connectivity index (χ1n) is 8.88. The number of hydrogen-bond donors (Lipinski definition) is 1. The molecule has 0 aliphatic carbocycles. The van der Waals surface area contributed by atoms with E-state index in [1.165, 1.54) is 23.0 Å². The van der Waals surface area contributed by atoms with Gasteiger partial charge < -0.3 is 15.0 Å². The van der Waals surface area contributed by atoms with Crippen molar-refractivity contribution in [2.45, 2.75) is 25.0 Å². The molecule has 4 heterocycles. The van der Waals surface area contributed by atoms with Crippen molar-refractivity contribution in [3.63, 3.8) is 0 Å². The smallest absolute Gasteiger partial charge is 0.273 e. The van der Waals surface area contributed by atoms with Crippen LogP contribution in [0.15, 0.2) is 39.9 Å². The van der Waals surface area contributed by atoms with Crippen LogP contribution in [0.1, 0.15) is 35.7 Å². The topological polar surface area (TPSA) is 122 Å². The lowest BCUT2D eigenvalue weighted by atomic mass is 10.00. The summed E-state index contributed by atoms with van der Waals surface area (Å²) in [5.41, 5.74) is 6.62. The third-order valence-electron chi connectivity index (χ3n) is 4.79. The quantitative estimate of drug-likeness (QED) is 0.540. The van der Waals surface area contributed by atoms with E-state index in [0.29, 0.717) is 40.2 Å². The molecule has 0 amide bonds. The van der Waals surface area contributed by atoms with Crippen molar-refractivity contribution < 1.29 is 13.7 Å². The molecule has 0 bridgehead atoms. The molecule has 148 valence electrons. The van der Waals surface area contributed by atoms with E-state index in [0.717, 1.165) is 16.9 Å². The van der Waals surface area contributed by atoms with Gasteiger partial charge in [-0.25, -0.2) is 14.4 Å². The standard InChI is InChI=1S/C18H15FN6O3S/c19-11-3-1-9(2-4-11)12-5-10(7-27-12)15-22-13(28-24-15)6-25-8-21-16-14(17(25)26)29-18(20)23-16/h1-4,8,10,12H,5-7H2,(H2,20,23)/t10-,12+/m0/s1. The van der Waals surface area contributed by atoms with E-state index in [9.17, 15) is 9.18 Å². The zero-order valence-electron chi connectivity index (χ0n) is 15.0. The number of nitrogens with two attached hydrogens (primary N) is 1. The van der Waals surface area contributed by atoms with Crippen LogP contribution in [0.4, 0.5) is 9.52 Å². The molecule has 0 radical (unpaired) electrons. The van der Waals surface area contributed by atoms with Crippen molar-refractivity contribution in [2.24, 2.45) is 0 Å². The Morgan fingerprint density at radius 2 is 2.10 bits per heavy atom. The average molecular weight is 414 g/mol. The fraction of sp³-hybridized carbons (Fsp3) is 0.278. The van der Waals surface area contributed by atoms with Crippen molar-refractivity contribution in [3.05, 3.63) is 64.0 Å². The number of aromatic nitrogens is 5. The van der Waals surface area contributed by atoms with Crippen LogP contribution in [0.5, 0.6) is 0 Å². The third kappa shape index (κ3) is 3.38. The Morgan fingerprint density at radius 1 is 1.28 bits per heavy atom. The number of thiazole rings is 1. The normalized spacial score (nSPS) is 19.2. The molecule has 3 aromatic heterocycles. The van der Waals surface area contributed by atoms with Gasteiger partial charge in [-0.1, -0.05) is 28.6 Å². The van der Waals surface area contributed by atoms with Crippen molar-refractivity contribution >= 4 is 26.8 Å². The summed E-state index contributed by atoms with van der Waals surface area (Å²) in [5, 5.41) is 4.33. The number of nitrogen functional groups attached to an aromatic ring is 1. The molecular formula is C18H15FN6O3S. The predicted molar refractivity (Wildman–Crippen MR) is 102 cm³/mol. The molecule has 1 aliphatic rings. The van der Waals surface area contributed by atoms with Crippen molar-refractivity contribution in [3.8, 4) is 0 Å². The molecule has 0 unspecified atom stereocenters. The molecule has 5 rings (SSSR count). The number of nitrogens with zero attached hydrogens (tertiary/aromatic N) is 5. The number of rotatable bonds is 4. The van der Waals surface area contributed by atoms with Gasteiger partial charge in [0.1, 0.15) is 23.4 Å². The molecular weight excluding hydrogens is 399 g/mol. The van der Waals surface area contributed by atoms with Crippen LogP contribution in [0.3, 0.4) is 0 Å². The highest BCUT2D eigenvalue weighted by atomic mass is 32.1. The van der Waals surface area contributed by atoms with Crippen molar-refractivity contribution in [2.75, 3.05) is 12.3 Å². The number of halogens is 1. The summed E-state index contributed by atoms with van der Waals surface area (Å²) in [6.45, 7) is 0.538. The van der Waals surface area contributed by atoms with Gasteiger partial charge in [-0.15, -0.1) is 0 Å². The largest absolute Gasteiger partial charge is 0.375 e. The second-order valence-electron chi connectivity index (χ2n) is 6.73. The minimum absolute atomic E-state index is 0.0406. The highest BCUT2D eigenvalue weighted by Crippen LogP contribution is 2.37. The minimum atomic E-state index is -0.282. The van der Waals surface area contributed by atoms with Crippen LogP contribution in [0.25, 0.3) is 10.3 Å². The van der Waals surface area contributed by atoms with Crippen LogP contribution >= 0.6 is 11.3 Å². The van der Waals surface area contributed by atoms with E-state index in [1.807, 2.05) is 0 Å². The van der Waals surface area contributed by atoms with Crippen LogP contribution in [-0.4, -0.2) is 31.3 Å². The molecule has 2 N–H and O–H groups in total. The van der Waals surface area contributed by atoms with Crippen LogP contribution in [0, 0.1) is 5.82 Å². The molecule has 1 saturated heterocycles. The second-order valence-corrected chi connectivity index (χ2v) is 7.77. The Morgan fingerprint density at radius 3 is 2.93 bits per heavy atom. The number of fused-ring (bicyclic) bond motifs is 1. The van der Waals surface area contributed by atoms with Gasteiger partial charge in [0.25, 0.3) is 5.56 Å². The van der Waals surface area contributed by atoms with Gasteiger partial charge in [-0.3, -0.25) is 9.36 Å². The Labute approximate surface area is 167 Å². The third-order valence-corrected chi connectivity index (χ3v) is 5.66. The molecule has 11 heteroatoms. The lowest BCUT2D eigenvalue weighted by Crippen LogP contribution is -2.20. The van der Waals surface area contributed by atoms with Gasteiger partial charge in [0.15, 0.2) is 16.6 Å². The first-order chi connectivity index (χ1) is 14.1. The fourth-order valence-corrected chi connectivity index (χ4v) is 4.07. The fourth-order valence-electron chi connectivity index (χ4n) is 3.34. The zero-order chi connectivity index (χ0) is 20.0. The Hall–Kier alpha value is -3.18. The van der Waals surface area contributed by atoms with E-state index in [2.05, 4.69) is 20.1 Å². The van der Waals surface area contributed by atoms with Crippen LogP contribution < -0.4 is 11.3 Å². The Kier molecular flexibility index (Phi) is 4.32. The van der Waals surface area contributed by atoms with Crippen LogP contribution in [-0.2, 0) is 11.3 Å². The maximum Gasteiger partial charge on any atom is 0.273 e. The molecule has 1 aromatic carbocycles. The zero-order valence-corrected chi connectivity index (χ0v) is 15.8. The first-order valence-corrected chi connectivity index (χ1v) is 9.69. The average Bonchev–Trinajstić information content (AvgIpc) is 3.44. The Balaban J connectivity index is 1.32. The van der Waals surface area contributed by atoms with Gasteiger partial charge in [0.05, 0.1) is 12.7 Å². The molecule has 29 heavy (non-hydrogen) atoms. The monoisotopic (exact) mass is 414 g/mol. The summed E-state index contributed by atoms with van der Waals surface area (Å²) in [5.74, 6) is 0.496. The van der Waals surface area contributed by atoms with E-state index >= 15 is 0 Å². The minimum Gasteiger partial charge on any atom is -0.375 e. The predicted octanol–water partition coefficient (Wildman–Crippen LogP) is 2.25. The Bertz CT molecular complexity index is 1230. The summed E-state index contributed by atoms with van der Waals surface area (Å²) in [4.78, 5) is 25.1. The van der Waals surface area contributed by atoms with Gasteiger partial charge in [0, 0.05) is 5.92 Å². The van der Waals surface area contributed by atoms with E-state index in [-0.39, 0.29) is 29.9 Å². The van der Waals surface area contributed by atoms with Crippen molar-refractivity contribution in [1.29, 1.82) is 0 Å². The maximum absolute atomic E-state index is 13.1. The van der Waals surface area contributed by atoms with Crippen LogP contribution in [0.2, 0.25) is 0 Å². The number of anilines is 1. The number of benzene rings is 1. The van der Waals surface area contributed by atoms with Gasteiger partial charge in [-0.2, -0.15) is 4.98 Å². The summed E-state index contributed by atoms with van der Waals surface area (Å²) in [7, 11) is 0. The number of hydrogen-bond acceptors (Lipinski definition) is 9. The SMILES string of the molecule is Nc1nc2ncn(Cc3nc([C@@H]4CO[C@@H](c5ccc(F)cc5)C4)no3)c(=O)c2s1. The molecule has 0 spiro atoms. The number of ether oxygens (including phenoxy) is 1. The van der Waals surface area contributed by atoms with E-state index in [4.69, 9.17) is 15.0 Å². The maximum atomic E-state index is 13.1. The molecule has 9 nitrogen and oxygen atoms in total. The summed E-state index contributed by atoms with van der Waals surface area (Å²) < 4.78 is 26.0. The van der Waals surface area contributed by atoms with E-state index < -0.39 is 0 Å². The summed E-state index contributed by atoms with van der Waals surface area (Å²) in [6.07, 6.45) is 1.91. The summed E-state index contributed by atoms with van der Waals surface area (Å²) >= 11 is 1.09. The van der Waals surface area contributed by atoms with Crippen molar-refractivity contribution in [1.82, 2.24) is 24.7 Å². The highest BCUT2D eigenvalue weighted by molar-refractivity contribution is 7.21. The summed E-state index contributed by atoms with van der Waals surface area (Å²) in [6, 6.07) is 6.26. The highest BCUT2D eigenvalue weighted by Gasteiger charge is 2.31. The molecule has 1 fully saturated rings. The molecule has 2 atom stereocenters. The second kappa shape index (κ2) is 7.01. The first kappa shape index (κ1) is 17.9. The van der Waals surface area contributed by atoms with Gasteiger partial charge in [0.2, 0.25) is 5.89 Å². The molecule has 1 aliphatic heterocycles. The van der Waals surface area contributed by atoms with E-state index in [1.54, 1.807) is 12.1 Å². The molecule has 4 aromatic rings. The van der Waals surface area contributed by atoms with Gasteiger partial charge >= 0.3 is 0 Å².